The number of fused-ring (bicyclic) bond motifs is 2. The van der Waals surface area contributed by atoms with Gasteiger partial charge in [-0.15, -0.1) is 0 Å². The molecule has 36 heavy (non-hydrogen) atoms. The van der Waals surface area contributed by atoms with E-state index in [0.717, 1.165) is 12.1 Å². The van der Waals surface area contributed by atoms with Crippen LogP contribution in [-0.2, 0) is 9.53 Å². The molecule has 3 aromatic carbocycles. The Morgan fingerprint density at radius 1 is 0.917 bits per heavy atom. The van der Waals surface area contributed by atoms with Crippen LogP contribution in [0.2, 0.25) is 0 Å². The first-order valence-electron chi connectivity index (χ1n) is 10.2. The molecule has 1 N–H and O–H groups in total. The number of hydrogen-bond donors (Lipinski definition) is 1. The number of nitro benzene ring substituents is 1. The molecular formula is C24H14F2N2O8. The number of carbonyl (C=O) groups is 4. The Hall–Kier alpha value is -5.00. The highest BCUT2D eigenvalue weighted by Crippen LogP contribution is 2.35. The number of nitrogens with zero attached hydrogens (tertiary/aromatic N) is 1. The monoisotopic (exact) mass is 496 g/mol. The molecule has 1 amide bonds. The summed E-state index contributed by atoms with van der Waals surface area (Å²) < 4.78 is 33.5. The van der Waals surface area contributed by atoms with Crippen LogP contribution in [0.4, 0.5) is 20.2 Å². The maximum Gasteiger partial charge on any atom is 0.387 e. The van der Waals surface area contributed by atoms with E-state index in [1.54, 1.807) is 6.07 Å². The number of esters is 1. The molecule has 4 rings (SSSR count). The van der Waals surface area contributed by atoms with Crippen LogP contribution in [0.5, 0.6) is 5.75 Å². The standard InChI is InChI=1S/C24H14F2N2O8/c25-24(26)36-13-7-5-12(6-8-13)27-18(29)11-35-23(32)17-10-9-16-19(20(17)28(33)34)22(31)15-4-2-1-3-14(15)21(16)30/h1-10,24H,11H2,(H,27,29). The third kappa shape index (κ3) is 4.64. The van der Waals surface area contributed by atoms with E-state index in [4.69, 9.17) is 4.74 Å². The fourth-order valence-electron chi connectivity index (χ4n) is 3.65. The zero-order valence-corrected chi connectivity index (χ0v) is 18.0. The topological polar surface area (TPSA) is 142 Å². The van der Waals surface area contributed by atoms with Crippen LogP contribution in [0.3, 0.4) is 0 Å². The van der Waals surface area contributed by atoms with Gasteiger partial charge in [0.15, 0.2) is 12.4 Å². The van der Waals surface area contributed by atoms with Gasteiger partial charge in [0.25, 0.3) is 11.6 Å². The number of nitrogens with one attached hydrogen (secondary N) is 1. The van der Waals surface area contributed by atoms with E-state index in [-0.39, 0.29) is 28.1 Å². The second kappa shape index (κ2) is 9.70. The highest BCUT2D eigenvalue weighted by atomic mass is 19.3. The van der Waals surface area contributed by atoms with Crippen molar-refractivity contribution in [1.29, 1.82) is 0 Å². The van der Waals surface area contributed by atoms with Crippen LogP contribution >= 0.6 is 0 Å². The van der Waals surface area contributed by atoms with E-state index < -0.39 is 58.4 Å². The maximum absolute atomic E-state index is 13.0. The molecule has 12 heteroatoms. The SMILES string of the molecule is O=C(COC(=O)c1ccc2c(c1[N+](=O)[O-])C(=O)c1ccccc1C2=O)Nc1ccc(OC(F)F)cc1. The first kappa shape index (κ1) is 24.1. The molecule has 0 saturated carbocycles. The van der Waals surface area contributed by atoms with Crippen LogP contribution in [0.1, 0.15) is 42.2 Å². The minimum atomic E-state index is -3.01. The number of rotatable bonds is 7. The number of carbonyl (C=O) groups excluding carboxylic acids is 4. The summed E-state index contributed by atoms with van der Waals surface area (Å²) in [6.45, 7) is -3.86. The van der Waals surface area contributed by atoms with Gasteiger partial charge in [-0.1, -0.05) is 24.3 Å². The number of alkyl halides is 2. The number of halogens is 2. The van der Waals surface area contributed by atoms with Gasteiger partial charge in [0, 0.05) is 22.4 Å². The Bertz CT molecular complexity index is 1420. The summed E-state index contributed by atoms with van der Waals surface area (Å²) in [5.74, 6) is -3.62. The molecule has 10 nitrogen and oxygen atoms in total. The van der Waals surface area contributed by atoms with Gasteiger partial charge in [0.2, 0.25) is 5.78 Å². The van der Waals surface area contributed by atoms with Gasteiger partial charge in [-0.3, -0.25) is 24.5 Å². The Balaban J connectivity index is 1.52. The first-order valence-corrected chi connectivity index (χ1v) is 10.2. The molecule has 0 aromatic heterocycles. The molecule has 0 saturated heterocycles. The quantitative estimate of drug-likeness (QED) is 0.232. The van der Waals surface area contributed by atoms with Gasteiger partial charge in [-0.05, 0) is 36.4 Å². The molecular weight excluding hydrogens is 482 g/mol. The summed E-state index contributed by atoms with van der Waals surface area (Å²) in [4.78, 5) is 61.4. The van der Waals surface area contributed by atoms with Gasteiger partial charge < -0.3 is 14.8 Å². The smallest absolute Gasteiger partial charge is 0.387 e. The normalized spacial score (nSPS) is 12.0. The third-order valence-corrected chi connectivity index (χ3v) is 5.17. The van der Waals surface area contributed by atoms with Crippen LogP contribution in [0.15, 0.2) is 60.7 Å². The summed E-state index contributed by atoms with van der Waals surface area (Å²) in [7, 11) is 0. The Labute approximate surface area is 200 Å². The van der Waals surface area contributed by atoms with Crippen molar-refractivity contribution in [1.82, 2.24) is 0 Å². The van der Waals surface area contributed by atoms with Crippen LogP contribution in [0, 0.1) is 10.1 Å². The first-order chi connectivity index (χ1) is 17.2. The number of nitro groups is 1. The van der Waals surface area contributed by atoms with Crippen LogP contribution in [0.25, 0.3) is 0 Å². The van der Waals surface area contributed by atoms with Crippen molar-refractivity contribution in [2.24, 2.45) is 0 Å². The molecule has 0 aliphatic heterocycles. The Morgan fingerprint density at radius 3 is 2.17 bits per heavy atom. The van der Waals surface area contributed by atoms with Crippen molar-refractivity contribution in [3.8, 4) is 5.75 Å². The summed E-state index contributed by atoms with van der Waals surface area (Å²) >= 11 is 0. The molecule has 0 bridgehead atoms. The molecule has 3 aromatic rings. The van der Waals surface area contributed by atoms with Crippen molar-refractivity contribution in [2.75, 3.05) is 11.9 Å². The fourth-order valence-corrected chi connectivity index (χ4v) is 3.65. The van der Waals surface area contributed by atoms with E-state index >= 15 is 0 Å². The van der Waals surface area contributed by atoms with Gasteiger partial charge in [-0.25, -0.2) is 4.79 Å². The summed E-state index contributed by atoms with van der Waals surface area (Å²) in [6, 6.07) is 12.8. The molecule has 0 unspecified atom stereocenters. The minimum Gasteiger partial charge on any atom is -0.452 e. The Morgan fingerprint density at radius 2 is 1.56 bits per heavy atom. The number of ketones is 2. The number of amides is 1. The van der Waals surface area contributed by atoms with Crippen molar-refractivity contribution in [3.63, 3.8) is 0 Å². The van der Waals surface area contributed by atoms with Crippen molar-refractivity contribution < 1.29 is 42.4 Å². The molecule has 0 fully saturated rings. The lowest BCUT2D eigenvalue weighted by Gasteiger charge is -2.18. The van der Waals surface area contributed by atoms with Crippen molar-refractivity contribution in [2.45, 2.75) is 6.61 Å². The largest absolute Gasteiger partial charge is 0.452 e. The van der Waals surface area contributed by atoms with Gasteiger partial charge in [0.05, 0.1) is 4.92 Å². The number of hydrogen-bond acceptors (Lipinski definition) is 8. The summed E-state index contributed by atoms with van der Waals surface area (Å²) in [6.07, 6.45) is 0. The van der Waals surface area contributed by atoms with E-state index in [2.05, 4.69) is 10.1 Å². The van der Waals surface area contributed by atoms with E-state index in [9.17, 15) is 38.1 Å². The highest BCUT2D eigenvalue weighted by molar-refractivity contribution is 6.30. The second-order valence-corrected chi connectivity index (χ2v) is 7.37. The van der Waals surface area contributed by atoms with Gasteiger partial charge in [-0.2, -0.15) is 8.78 Å². The van der Waals surface area contributed by atoms with Crippen molar-refractivity contribution >= 4 is 34.8 Å². The molecule has 1 aliphatic rings. The van der Waals surface area contributed by atoms with Crippen LogP contribution in [-0.4, -0.2) is 41.6 Å². The third-order valence-electron chi connectivity index (χ3n) is 5.17. The zero-order chi connectivity index (χ0) is 26.0. The van der Waals surface area contributed by atoms with Gasteiger partial charge >= 0.3 is 12.6 Å². The van der Waals surface area contributed by atoms with Crippen molar-refractivity contribution in [3.05, 3.63) is 98.6 Å². The van der Waals surface area contributed by atoms with Gasteiger partial charge in [0.1, 0.15) is 16.9 Å². The highest BCUT2D eigenvalue weighted by Gasteiger charge is 2.39. The number of benzene rings is 3. The Kier molecular flexibility index (Phi) is 6.50. The number of ether oxygens (including phenoxy) is 2. The summed E-state index contributed by atoms with van der Waals surface area (Å²) in [5.41, 5.74) is -2.04. The lowest BCUT2D eigenvalue weighted by atomic mass is 9.82. The molecule has 0 radical (unpaired) electrons. The molecule has 0 heterocycles. The average Bonchev–Trinajstić information content (AvgIpc) is 2.85. The summed E-state index contributed by atoms with van der Waals surface area (Å²) in [5, 5.41) is 14.2. The van der Waals surface area contributed by atoms with Crippen LogP contribution < -0.4 is 10.1 Å². The average molecular weight is 496 g/mol. The second-order valence-electron chi connectivity index (χ2n) is 7.37. The van der Waals surface area contributed by atoms with E-state index in [1.807, 2.05) is 0 Å². The molecule has 182 valence electrons. The number of anilines is 1. The molecule has 1 aliphatic carbocycles. The predicted octanol–water partition coefficient (Wildman–Crippen LogP) is 3.77. The van der Waals surface area contributed by atoms with E-state index in [0.29, 0.717) is 0 Å². The lowest BCUT2D eigenvalue weighted by molar-refractivity contribution is -0.385. The molecule has 0 spiro atoms. The zero-order valence-electron chi connectivity index (χ0n) is 18.0. The minimum absolute atomic E-state index is 0.0343. The maximum atomic E-state index is 13.0. The fraction of sp³-hybridized carbons (Fsp3) is 0.0833. The molecule has 0 atom stereocenters. The lowest BCUT2D eigenvalue weighted by Crippen LogP contribution is -2.25. The predicted molar refractivity (Wildman–Crippen MR) is 118 cm³/mol. The van der Waals surface area contributed by atoms with E-state index in [1.165, 1.54) is 42.5 Å².